The zero-order valence-electron chi connectivity index (χ0n) is 11.6. The maximum Gasteiger partial charge on any atom is 0.158 e. The van der Waals surface area contributed by atoms with Crippen LogP contribution in [0.2, 0.25) is 0 Å². The summed E-state index contributed by atoms with van der Waals surface area (Å²) < 4.78 is 10.1. The van der Waals surface area contributed by atoms with Gasteiger partial charge in [0.15, 0.2) is 5.82 Å². The van der Waals surface area contributed by atoms with Crippen molar-refractivity contribution in [2.45, 2.75) is 25.0 Å². The first-order chi connectivity index (χ1) is 10.4. The van der Waals surface area contributed by atoms with Crippen LogP contribution >= 0.6 is 0 Å². The summed E-state index contributed by atoms with van der Waals surface area (Å²) in [6.07, 6.45) is 10.7. The molecule has 2 fully saturated rings. The van der Waals surface area contributed by atoms with Crippen LogP contribution in [0.3, 0.4) is 0 Å². The Morgan fingerprint density at radius 1 is 1.19 bits per heavy atom. The third-order valence-corrected chi connectivity index (χ3v) is 4.90. The molecule has 0 bridgehead atoms. The van der Waals surface area contributed by atoms with Crippen LogP contribution in [-0.2, 0) is 4.74 Å². The van der Waals surface area contributed by atoms with Crippen molar-refractivity contribution in [2.24, 2.45) is 5.92 Å². The predicted octanol–water partition coefficient (Wildman–Crippen LogP) is 2.55. The number of hydrogen-bond acceptors (Lipinski definition) is 3. The highest BCUT2D eigenvalue weighted by atomic mass is 16.5. The van der Waals surface area contributed by atoms with Crippen molar-refractivity contribution in [3.63, 3.8) is 0 Å². The second-order valence-corrected chi connectivity index (χ2v) is 5.90. The summed E-state index contributed by atoms with van der Waals surface area (Å²) in [6, 6.07) is 6.56. The lowest BCUT2D eigenvalue weighted by atomic mass is 9.76. The molecule has 3 atom stereocenters. The smallest absolute Gasteiger partial charge is 0.158 e. The van der Waals surface area contributed by atoms with Crippen LogP contribution < -0.4 is 0 Å². The molecule has 3 aromatic rings. The fourth-order valence-electron chi connectivity index (χ4n) is 3.76. The van der Waals surface area contributed by atoms with Crippen molar-refractivity contribution >= 4 is 5.65 Å². The topological polar surface area (TPSA) is 44.4 Å². The molecule has 0 amide bonds. The fraction of sp³-hybridized carbons (Fsp3) is 0.375. The normalized spacial score (nSPS) is 27.7. The Kier molecular flexibility index (Phi) is 2.29. The van der Waals surface area contributed by atoms with Crippen LogP contribution in [0, 0.1) is 5.92 Å². The quantitative estimate of drug-likeness (QED) is 0.724. The molecule has 1 aliphatic heterocycles. The molecule has 1 saturated heterocycles. The summed E-state index contributed by atoms with van der Waals surface area (Å²) in [5.74, 6) is 1.65. The molecule has 0 spiro atoms. The average Bonchev–Trinajstić information content (AvgIpc) is 3.18. The first kappa shape index (κ1) is 11.5. The van der Waals surface area contributed by atoms with Gasteiger partial charge >= 0.3 is 0 Å². The van der Waals surface area contributed by atoms with Crippen LogP contribution in [0.25, 0.3) is 17.2 Å². The molecule has 4 heterocycles. The molecule has 21 heavy (non-hydrogen) atoms. The molecule has 0 N–H and O–H groups in total. The van der Waals surface area contributed by atoms with Crippen LogP contribution in [0.1, 0.15) is 18.9 Å². The van der Waals surface area contributed by atoms with E-state index < -0.39 is 0 Å². The van der Waals surface area contributed by atoms with Gasteiger partial charge in [0.2, 0.25) is 0 Å². The van der Waals surface area contributed by atoms with Crippen molar-refractivity contribution in [1.29, 1.82) is 0 Å². The van der Waals surface area contributed by atoms with E-state index in [1.165, 1.54) is 6.42 Å². The number of hydrogen-bond donors (Lipinski definition) is 0. The average molecular weight is 280 g/mol. The number of nitrogens with zero attached hydrogens (tertiary/aromatic N) is 4. The first-order valence-corrected chi connectivity index (χ1v) is 7.49. The lowest BCUT2D eigenvalue weighted by Crippen LogP contribution is -2.39. The number of pyridine rings is 1. The van der Waals surface area contributed by atoms with Crippen molar-refractivity contribution in [3.8, 4) is 11.5 Å². The molecule has 5 nitrogen and oxygen atoms in total. The van der Waals surface area contributed by atoms with E-state index >= 15 is 0 Å². The number of rotatable bonds is 2. The Hall–Kier alpha value is -2.14. The second kappa shape index (κ2) is 4.18. The lowest BCUT2D eigenvalue weighted by Gasteiger charge is -2.40. The van der Waals surface area contributed by atoms with Gasteiger partial charge in [-0.3, -0.25) is 4.40 Å². The highest BCUT2D eigenvalue weighted by Crippen LogP contribution is 2.47. The molecular formula is C16H16N4O. The molecule has 0 aromatic carbocycles. The maximum atomic E-state index is 5.73. The van der Waals surface area contributed by atoms with Gasteiger partial charge in [0.25, 0.3) is 0 Å². The first-order valence-electron chi connectivity index (χ1n) is 7.49. The van der Waals surface area contributed by atoms with E-state index in [0.717, 1.165) is 30.2 Å². The van der Waals surface area contributed by atoms with Crippen molar-refractivity contribution in [3.05, 3.63) is 43.0 Å². The number of fused-ring (bicyclic) bond motifs is 2. The summed E-state index contributed by atoms with van der Waals surface area (Å²) >= 11 is 0. The van der Waals surface area contributed by atoms with Crippen LogP contribution in [0.5, 0.6) is 0 Å². The van der Waals surface area contributed by atoms with E-state index in [4.69, 9.17) is 4.74 Å². The zero-order valence-corrected chi connectivity index (χ0v) is 11.6. The molecule has 0 radical (unpaired) electrons. The SMILES string of the molecule is c1ccn2c(-c3nccn3[C@@H]3C[C@H]4OCC[C@@H]34)cnc2c1. The summed E-state index contributed by atoms with van der Waals surface area (Å²) in [6.45, 7) is 0.908. The zero-order chi connectivity index (χ0) is 13.8. The number of imidazole rings is 2. The molecule has 5 rings (SSSR count). The standard InChI is InChI=1S/C16H16N4O/c1-2-6-19-13(10-18-15(19)3-1)16-17-5-7-20(16)12-9-14-11(12)4-8-21-14/h1-3,5-7,10-12,14H,4,8-9H2/t11-,12+,14+/m0/s1. The van der Waals surface area contributed by atoms with Gasteiger partial charge in [0.05, 0.1) is 12.3 Å². The van der Waals surface area contributed by atoms with Crippen molar-refractivity contribution in [2.75, 3.05) is 6.61 Å². The summed E-state index contributed by atoms with van der Waals surface area (Å²) in [4.78, 5) is 9.06. The Labute approximate surface area is 122 Å². The Balaban J connectivity index is 1.60. The molecule has 1 saturated carbocycles. The van der Waals surface area contributed by atoms with Gasteiger partial charge in [-0.2, -0.15) is 0 Å². The number of ether oxygens (including phenoxy) is 1. The van der Waals surface area contributed by atoms with E-state index in [-0.39, 0.29) is 0 Å². The highest BCUT2D eigenvalue weighted by Gasteiger charge is 2.46. The van der Waals surface area contributed by atoms with Gasteiger partial charge < -0.3 is 9.30 Å². The van der Waals surface area contributed by atoms with Gasteiger partial charge in [-0.25, -0.2) is 9.97 Å². The Morgan fingerprint density at radius 2 is 2.19 bits per heavy atom. The summed E-state index contributed by atoms with van der Waals surface area (Å²) in [7, 11) is 0. The van der Waals surface area contributed by atoms with E-state index in [0.29, 0.717) is 18.1 Å². The van der Waals surface area contributed by atoms with Crippen molar-refractivity contribution < 1.29 is 4.74 Å². The molecule has 2 aliphatic rings. The van der Waals surface area contributed by atoms with Gasteiger partial charge in [-0.15, -0.1) is 0 Å². The third-order valence-electron chi connectivity index (χ3n) is 4.90. The second-order valence-electron chi connectivity index (χ2n) is 5.90. The molecule has 3 aromatic heterocycles. The third kappa shape index (κ3) is 1.55. The minimum absolute atomic E-state index is 0.465. The van der Waals surface area contributed by atoms with E-state index in [1.807, 2.05) is 36.8 Å². The minimum atomic E-state index is 0.465. The van der Waals surface area contributed by atoms with Gasteiger partial charge in [0.1, 0.15) is 11.3 Å². The largest absolute Gasteiger partial charge is 0.378 e. The van der Waals surface area contributed by atoms with Gasteiger partial charge in [-0.05, 0) is 25.0 Å². The summed E-state index contributed by atoms with van der Waals surface area (Å²) in [5, 5.41) is 0. The van der Waals surface area contributed by atoms with Crippen molar-refractivity contribution in [1.82, 2.24) is 18.9 Å². The van der Waals surface area contributed by atoms with Crippen LogP contribution in [0.15, 0.2) is 43.0 Å². The lowest BCUT2D eigenvalue weighted by molar-refractivity contribution is -0.00521. The monoisotopic (exact) mass is 280 g/mol. The summed E-state index contributed by atoms with van der Waals surface area (Å²) in [5.41, 5.74) is 2.01. The van der Waals surface area contributed by atoms with Gasteiger partial charge in [-0.1, -0.05) is 6.07 Å². The van der Waals surface area contributed by atoms with E-state index in [2.05, 4.69) is 25.1 Å². The molecule has 106 valence electrons. The number of aromatic nitrogens is 4. The van der Waals surface area contributed by atoms with Crippen LogP contribution in [0.4, 0.5) is 0 Å². The highest BCUT2D eigenvalue weighted by molar-refractivity contribution is 5.57. The molecule has 1 aliphatic carbocycles. The Morgan fingerprint density at radius 3 is 3.14 bits per heavy atom. The Bertz CT molecular complexity index is 805. The van der Waals surface area contributed by atoms with E-state index in [9.17, 15) is 0 Å². The van der Waals surface area contributed by atoms with Gasteiger partial charge in [0, 0.05) is 37.2 Å². The fourth-order valence-corrected chi connectivity index (χ4v) is 3.76. The molecule has 5 heteroatoms. The van der Waals surface area contributed by atoms with E-state index in [1.54, 1.807) is 0 Å². The molecular weight excluding hydrogens is 264 g/mol. The van der Waals surface area contributed by atoms with Crippen LogP contribution in [-0.4, -0.2) is 31.6 Å². The predicted molar refractivity (Wildman–Crippen MR) is 77.9 cm³/mol. The molecule has 0 unspecified atom stereocenters. The minimum Gasteiger partial charge on any atom is -0.378 e. The maximum absolute atomic E-state index is 5.73.